The van der Waals surface area contributed by atoms with Crippen molar-refractivity contribution in [2.75, 3.05) is 0 Å². The van der Waals surface area contributed by atoms with Gasteiger partial charge in [0, 0.05) is 3.57 Å². The molecule has 0 aliphatic rings. The molecule has 0 fully saturated rings. The molecule has 0 atom stereocenters. The van der Waals surface area contributed by atoms with E-state index in [-0.39, 0.29) is 5.96 Å². The highest BCUT2D eigenvalue weighted by Gasteiger charge is 2.10. The first-order valence-electron chi connectivity index (χ1n) is 6.53. The van der Waals surface area contributed by atoms with E-state index in [1.54, 1.807) is 0 Å². The zero-order valence-electron chi connectivity index (χ0n) is 11.3. The van der Waals surface area contributed by atoms with Crippen LogP contribution in [0.5, 0.6) is 0 Å². The van der Waals surface area contributed by atoms with Crippen molar-refractivity contribution in [2.24, 2.45) is 16.5 Å². The normalized spacial score (nSPS) is 10.5. The third-order valence-corrected chi connectivity index (χ3v) is 4.44. The smallest absolute Gasteiger partial charge is 0.191 e. The van der Waals surface area contributed by atoms with Gasteiger partial charge in [-0.2, -0.15) is 0 Å². The number of benzene rings is 3. The number of hydrogen-bond donors (Lipinski definition) is 2. The van der Waals surface area contributed by atoms with E-state index in [2.05, 4.69) is 70.0 Å². The molecule has 0 radical (unpaired) electrons. The molecule has 0 unspecified atom stereocenters. The van der Waals surface area contributed by atoms with Gasteiger partial charge in [-0.1, -0.05) is 54.6 Å². The summed E-state index contributed by atoms with van der Waals surface area (Å²) in [5.74, 6) is 0.0722. The molecule has 4 heteroatoms. The summed E-state index contributed by atoms with van der Waals surface area (Å²) in [4.78, 5) is 4.19. The molecule has 3 aromatic carbocycles. The maximum Gasteiger partial charge on any atom is 0.191 e. The van der Waals surface area contributed by atoms with Crippen LogP contribution in [0.4, 0.5) is 5.69 Å². The Balaban J connectivity index is 2.27. The second-order valence-electron chi connectivity index (χ2n) is 4.70. The topological polar surface area (TPSA) is 64.4 Å². The Bertz CT molecular complexity index is 831. The first-order valence-corrected chi connectivity index (χ1v) is 7.61. The van der Waals surface area contributed by atoms with Crippen molar-refractivity contribution in [2.45, 2.75) is 0 Å². The summed E-state index contributed by atoms with van der Waals surface area (Å²) in [5, 5.41) is 2.44. The van der Waals surface area contributed by atoms with E-state index in [0.717, 1.165) is 14.8 Å². The summed E-state index contributed by atoms with van der Waals surface area (Å²) >= 11 is 2.29. The van der Waals surface area contributed by atoms with E-state index in [9.17, 15) is 0 Å². The van der Waals surface area contributed by atoms with Crippen LogP contribution in [0, 0.1) is 3.57 Å². The third kappa shape index (κ3) is 2.71. The number of fused-ring (bicyclic) bond motifs is 1. The molecule has 0 bridgehead atoms. The summed E-state index contributed by atoms with van der Waals surface area (Å²) in [7, 11) is 0. The molecule has 3 rings (SSSR count). The van der Waals surface area contributed by atoms with E-state index in [0.29, 0.717) is 0 Å². The zero-order valence-corrected chi connectivity index (χ0v) is 13.4. The molecule has 0 amide bonds. The van der Waals surface area contributed by atoms with Crippen molar-refractivity contribution in [1.29, 1.82) is 0 Å². The first kappa shape index (κ1) is 13.9. The summed E-state index contributed by atoms with van der Waals surface area (Å²) in [5.41, 5.74) is 14.1. The fourth-order valence-corrected chi connectivity index (χ4v) is 3.18. The minimum absolute atomic E-state index is 0.0722. The van der Waals surface area contributed by atoms with Crippen LogP contribution in [-0.4, -0.2) is 5.96 Å². The third-order valence-electron chi connectivity index (χ3n) is 3.31. The van der Waals surface area contributed by atoms with Gasteiger partial charge in [0.15, 0.2) is 5.96 Å². The average molecular weight is 387 g/mol. The van der Waals surface area contributed by atoms with Gasteiger partial charge in [0.1, 0.15) is 0 Å². The van der Waals surface area contributed by atoms with Gasteiger partial charge in [0.25, 0.3) is 0 Å². The van der Waals surface area contributed by atoms with Gasteiger partial charge >= 0.3 is 0 Å². The molecule has 0 saturated heterocycles. The van der Waals surface area contributed by atoms with E-state index >= 15 is 0 Å². The number of halogens is 1. The molecule has 3 aromatic rings. The standard InChI is InChI=1S/C17H14IN3/c18-16-14(9-4-10-15(16)21-17(19)20)13-8-3-6-11-5-1-2-7-12(11)13/h1-10H,(H4,19,20,21). The van der Waals surface area contributed by atoms with Crippen LogP contribution in [0.3, 0.4) is 0 Å². The van der Waals surface area contributed by atoms with Crippen LogP contribution >= 0.6 is 22.6 Å². The Morgan fingerprint density at radius 1 is 0.810 bits per heavy atom. The molecular formula is C17H14IN3. The van der Waals surface area contributed by atoms with Crippen LogP contribution in [0.15, 0.2) is 65.7 Å². The maximum atomic E-state index is 5.50. The van der Waals surface area contributed by atoms with Gasteiger partial charge < -0.3 is 11.5 Å². The van der Waals surface area contributed by atoms with Gasteiger partial charge in [-0.05, 0) is 50.6 Å². The molecule has 0 heterocycles. The Morgan fingerprint density at radius 3 is 2.29 bits per heavy atom. The average Bonchev–Trinajstić information content (AvgIpc) is 2.49. The fraction of sp³-hybridized carbons (Fsp3) is 0. The highest BCUT2D eigenvalue weighted by Crippen LogP contribution is 2.35. The maximum absolute atomic E-state index is 5.50. The zero-order chi connectivity index (χ0) is 14.8. The molecular weight excluding hydrogens is 373 g/mol. The molecule has 0 spiro atoms. The van der Waals surface area contributed by atoms with Crippen molar-refractivity contribution in [3.8, 4) is 11.1 Å². The van der Waals surface area contributed by atoms with Crippen molar-refractivity contribution in [3.05, 3.63) is 64.2 Å². The molecule has 104 valence electrons. The SMILES string of the molecule is NC(N)=Nc1cccc(-c2cccc3ccccc23)c1I. The molecule has 21 heavy (non-hydrogen) atoms. The van der Waals surface area contributed by atoms with Crippen LogP contribution in [0.2, 0.25) is 0 Å². The highest BCUT2D eigenvalue weighted by molar-refractivity contribution is 14.1. The Morgan fingerprint density at radius 2 is 1.48 bits per heavy atom. The quantitative estimate of drug-likeness (QED) is 0.396. The van der Waals surface area contributed by atoms with Gasteiger partial charge in [-0.3, -0.25) is 0 Å². The molecule has 3 nitrogen and oxygen atoms in total. The van der Waals surface area contributed by atoms with Gasteiger partial charge in [0.2, 0.25) is 0 Å². The second-order valence-corrected chi connectivity index (χ2v) is 5.78. The summed E-state index contributed by atoms with van der Waals surface area (Å²) in [6.07, 6.45) is 0. The molecule has 0 aliphatic carbocycles. The second kappa shape index (κ2) is 5.73. The largest absolute Gasteiger partial charge is 0.370 e. The number of rotatable bonds is 2. The number of guanidine groups is 1. The number of hydrogen-bond acceptors (Lipinski definition) is 1. The lowest BCUT2D eigenvalue weighted by molar-refractivity contribution is 1.40. The van der Waals surface area contributed by atoms with Crippen molar-refractivity contribution in [3.63, 3.8) is 0 Å². The van der Waals surface area contributed by atoms with Crippen LogP contribution in [-0.2, 0) is 0 Å². The van der Waals surface area contributed by atoms with Crippen molar-refractivity contribution < 1.29 is 0 Å². The minimum Gasteiger partial charge on any atom is -0.370 e. The predicted octanol–water partition coefficient (Wildman–Crippen LogP) is 4.02. The lowest BCUT2D eigenvalue weighted by Gasteiger charge is -2.10. The summed E-state index contributed by atoms with van der Waals surface area (Å²) in [6, 6.07) is 20.6. The Labute approximate surface area is 136 Å². The van der Waals surface area contributed by atoms with Crippen LogP contribution < -0.4 is 11.5 Å². The fourth-order valence-electron chi connectivity index (χ4n) is 2.41. The van der Waals surface area contributed by atoms with E-state index in [1.807, 2.05) is 18.2 Å². The number of nitrogens with two attached hydrogens (primary N) is 2. The predicted molar refractivity (Wildman–Crippen MR) is 97.6 cm³/mol. The van der Waals surface area contributed by atoms with Crippen LogP contribution in [0.25, 0.3) is 21.9 Å². The number of nitrogens with zero attached hydrogens (tertiary/aromatic N) is 1. The van der Waals surface area contributed by atoms with E-state index in [4.69, 9.17) is 11.5 Å². The lowest BCUT2D eigenvalue weighted by atomic mass is 9.98. The summed E-state index contributed by atoms with van der Waals surface area (Å²) < 4.78 is 1.04. The van der Waals surface area contributed by atoms with E-state index < -0.39 is 0 Å². The number of aliphatic imine (C=N–C) groups is 1. The monoisotopic (exact) mass is 387 g/mol. The van der Waals surface area contributed by atoms with Crippen molar-refractivity contribution >= 4 is 45.0 Å². The van der Waals surface area contributed by atoms with Crippen molar-refractivity contribution in [1.82, 2.24) is 0 Å². The Hall–Kier alpha value is -2.08. The first-order chi connectivity index (χ1) is 10.2. The van der Waals surface area contributed by atoms with Gasteiger partial charge in [-0.25, -0.2) is 4.99 Å². The molecule has 0 saturated carbocycles. The van der Waals surface area contributed by atoms with E-state index in [1.165, 1.54) is 16.3 Å². The molecule has 4 N–H and O–H groups in total. The molecule has 0 aliphatic heterocycles. The minimum atomic E-state index is 0.0722. The van der Waals surface area contributed by atoms with Crippen LogP contribution in [0.1, 0.15) is 0 Å². The Kier molecular flexibility index (Phi) is 3.79. The summed E-state index contributed by atoms with van der Waals surface area (Å²) in [6.45, 7) is 0. The highest BCUT2D eigenvalue weighted by atomic mass is 127. The van der Waals surface area contributed by atoms with Gasteiger partial charge in [0.05, 0.1) is 5.69 Å². The van der Waals surface area contributed by atoms with Gasteiger partial charge in [-0.15, -0.1) is 0 Å². The molecule has 0 aromatic heterocycles. The lowest BCUT2D eigenvalue weighted by Crippen LogP contribution is -2.22.